The number of carbonyl (C=O) groups is 2. The molecule has 6 heteroatoms. The predicted octanol–water partition coefficient (Wildman–Crippen LogP) is 3.54. The van der Waals surface area contributed by atoms with E-state index in [4.69, 9.17) is 11.6 Å². The van der Waals surface area contributed by atoms with Gasteiger partial charge in [-0.2, -0.15) is 0 Å². The van der Waals surface area contributed by atoms with Crippen molar-refractivity contribution in [3.8, 4) is 0 Å². The fourth-order valence-electron chi connectivity index (χ4n) is 1.82. The van der Waals surface area contributed by atoms with Crippen molar-refractivity contribution in [1.82, 2.24) is 4.90 Å². The minimum absolute atomic E-state index is 0.0221. The van der Waals surface area contributed by atoms with Crippen LogP contribution in [0.2, 0.25) is 5.02 Å². The van der Waals surface area contributed by atoms with Crippen LogP contribution in [0.1, 0.15) is 26.7 Å². The Hall–Kier alpha value is -1.75. The third-order valence-electron chi connectivity index (χ3n) is 3.24. The molecule has 1 N–H and O–H groups in total. The lowest BCUT2D eigenvalue weighted by molar-refractivity contribution is -0.140. The summed E-state index contributed by atoms with van der Waals surface area (Å²) in [7, 11) is 1.34. The van der Waals surface area contributed by atoms with Crippen LogP contribution in [0.25, 0.3) is 0 Å². The summed E-state index contributed by atoms with van der Waals surface area (Å²) in [6.07, 6.45) is 0.966. The number of nitrogens with one attached hydrogen (secondary N) is 1. The van der Waals surface area contributed by atoms with Gasteiger partial charge >= 0.3 is 12.0 Å². The van der Waals surface area contributed by atoms with Crippen molar-refractivity contribution in [2.24, 2.45) is 0 Å². The van der Waals surface area contributed by atoms with E-state index in [1.165, 1.54) is 7.11 Å². The van der Waals surface area contributed by atoms with Crippen LogP contribution in [-0.2, 0) is 9.53 Å². The molecule has 116 valence electrons. The highest BCUT2D eigenvalue weighted by molar-refractivity contribution is 6.30. The Morgan fingerprint density at radius 1 is 1.43 bits per heavy atom. The molecule has 21 heavy (non-hydrogen) atoms. The molecule has 0 aliphatic carbocycles. The average Bonchev–Trinajstić information content (AvgIpc) is 2.46. The monoisotopic (exact) mass is 312 g/mol. The number of hydrogen-bond donors (Lipinski definition) is 1. The third kappa shape index (κ3) is 5.63. The number of urea groups is 1. The van der Waals surface area contributed by atoms with Gasteiger partial charge in [-0.3, -0.25) is 4.79 Å². The Balaban J connectivity index is 2.73. The molecule has 0 aliphatic heterocycles. The van der Waals surface area contributed by atoms with Crippen molar-refractivity contribution >= 4 is 29.3 Å². The van der Waals surface area contributed by atoms with Gasteiger partial charge in [0.25, 0.3) is 0 Å². The van der Waals surface area contributed by atoms with E-state index < -0.39 is 0 Å². The molecule has 2 amide bonds. The summed E-state index contributed by atoms with van der Waals surface area (Å²) in [5.74, 6) is -0.334. The predicted molar refractivity (Wildman–Crippen MR) is 83.6 cm³/mol. The maximum absolute atomic E-state index is 12.3. The molecule has 1 aromatic carbocycles. The van der Waals surface area contributed by atoms with E-state index in [0.717, 1.165) is 6.42 Å². The molecule has 0 aliphatic rings. The van der Waals surface area contributed by atoms with Gasteiger partial charge in [0.05, 0.1) is 13.5 Å². The van der Waals surface area contributed by atoms with E-state index in [1.54, 1.807) is 29.2 Å². The highest BCUT2D eigenvalue weighted by Crippen LogP contribution is 2.16. The number of amides is 2. The van der Waals surface area contributed by atoms with Crippen molar-refractivity contribution in [3.05, 3.63) is 29.3 Å². The molecule has 0 spiro atoms. The summed E-state index contributed by atoms with van der Waals surface area (Å²) in [6.45, 7) is 4.24. The van der Waals surface area contributed by atoms with E-state index in [9.17, 15) is 9.59 Å². The zero-order valence-electron chi connectivity index (χ0n) is 12.6. The number of hydrogen-bond acceptors (Lipinski definition) is 3. The lowest BCUT2D eigenvalue weighted by Gasteiger charge is -2.28. The third-order valence-corrected chi connectivity index (χ3v) is 3.48. The van der Waals surface area contributed by atoms with E-state index in [2.05, 4.69) is 10.1 Å². The lowest BCUT2D eigenvalue weighted by atomic mass is 10.2. The minimum Gasteiger partial charge on any atom is -0.469 e. The molecule has 1 unspecified atom stereocenters. The molecule has 1 aromatic rings. The molecule has 5 nitrogen and oxygen atoms in total. The number of methoxy groups -OCH3 is 1. The van der Waals surface area contributed by atoms with Crippen LogP contribution in [0.4, 0.5) is 10.5 Å². The number of nitrogens with zero attached hydrogens (tertiary/aromatic N) is 1. The molecule has 1 rings (SSSR count). The number of carbonyl (C=O) groups excluding carboxylic acids is 2. The van der Waals surface area contributed by atoms with Crippen LogP contribution in [0.3, 0.4) is 0 Å². The van der Waals surface area contributed by atoms with Crippen molar-refractivity contribution in [1.29, 1.82) is 0 Å². The Bertz CT molecular complexity index is 494. The Labute approximate surface area is 130 Å². The topological polar surface area (TPSA) is 58.6 Å². The Morgan fingerprint density at radius 3 is 2.71 bits per heavy atom. The number of ether oxygens (including phenoxy) is 1. The highest BCUT2D eigenvalue weighted by atomic mass is 35.5. The molecule has 0 saturated heterocycles. The van der Waals surface area contributed by atoms with Gasteiger partial charge in [-0.1, -0.05) is 24.6 Å². The number of esters is 1. The van der Waals surface area contributed by atoms with Crippen molar-refractivity contribution in [3.63, 3.8) is 0 Å². The molecule has 0 aromatic heterocycles. The SMILES string of the molecule is CCC(C)N(CCC(=O)OC)C(=O)Nc1cccc(Cl)c1. The van der Waals surface area contributed by atoms with Crippen molar-refractivity contribution in [2.75, 3.05) is 19.0 Å². The molecule has 1 atom stereocenters. The van der Waals surface area contributed by atoms with Crippen LogP contribution in [0, 0.1) is 0 Å². The van der Waals surface area contributed by atoms with Gasteiger partial charge in [-0.05, 0) is 31.5 Å². The van der Waals surface area contributed by atoms with Gasteiger partial charge < -0.3 is 15.0 Å². The quantitative estimate of drug-likeness (QED) is 0.817. The summed E-state index contributed by atoms with van der Waals surface area (Å²) in [4.78, 5) is 25.2. The summed E-state index contributed by atoms with van der Waals surface area (Å²) >= 11 is 5.89. The molecule has 0 bridgehead atoms. The summed E-state index contributed by atoms with van der Waals surface area (Å²) in [6, 6.07) is 6.71. The second kappa shape index (κ2) is 8.52. The van der Waals surface area contributed by atoms with Crippen molar-refractivity contribution in [2.45, 2.75) is 32.7 Å². The maximum atomic E-state index is 12.3. The smallest absolute Gasteiger partial charge is 0.322 e. The minimum atomic E-state index is -0.334. The number of rotatable bonds is 6. The van der Waals surface area contributed by atoms with Gasteiger partial charge in [0.1, 0.15) is 0 Å². The van der Waals surface area contributed by atoms with Gasteiger partial charge in [0, 0.05) is 23.3 Å². The largest absolute Gasteiger partial charge is 0.469 e. The average molecular weight is 313 g/mol. The van der Waals surface area contributed by atoms with Crippen molar-refractivity contribution < 1.29 is 14.3 Å². The zero-order valence-corrected chi connectivity index (χ0v) is 13.3. The van der Waals surface area contributed by atoms with Crippen LogP contribution in [0.5, 0.6) is 0 Å². The van der Waals surface area contributed by atoms with Gasteiger partial charge in [-0.15, -0.1) is 0 Å². The van der Waals surface area contributed by atoms with Crippen LogP contribution in [0.15, 0.2) is 24.3 Å². The molecule has 0 saturated carbocycles. The van der Waals surface area contributed by atoms with E-state index >= 15 is 0 Å². The highest BCUT2D eigenvalue weighted by Gasteiger charge is 2.20. The first-order valence-corrected chi connectivity index (χ1v) is 7.25. The number of benzene rings is 1. The fraction of sp³-hybridized carbons (Fsp3) is 0.467. The maximum Gasteiger partial charge on any atom is 0.322 e. The first-order valence-electron chi connectivity index (χ1n) is 6.88. The standard InChI is InChI=1S/C15H21ClN2O3/c1-4-11(2)18(9-8-14(19)21-3)15(20)17-13-7-5-6-12(16)10-13/h5-7,10-11H,4,8-9H2,1-3H3,(H,17,20). The zero-order chi connectivity index (χ0) is 15.8. The summed E-state index contributed by atoms with van der Waals surface area (Å²) in [5, 5.41) is 3.34. The normalized spacial score (nSPS) is 11.6. The Morgan fingerprint density at radius 2 is 2.14 bits per heavy atom. The molecular formula is C15H21ClN2O3. The van der Waals surface area contributed by atoms with E-state index in [1.807, 2.05) is 13.8 Å². The lowest BCUT2D eigenvalue weighted by Crippen LogP contribution is -2.42. The second-order valence-electron chi connectivity index (χ2n) is 4.72. The molecule has 0 fully saturated rings. The van der Waals surface area contributed by atoms with E-state index in [-0.39, 0.29) is 24.5 Å². The molecule has 0 heterocycles. The molecule has 0 radical (unpaired) electrons. The van der Waals surface area contributed by atoms with Gasteiger partial charge in [0.15, 0.2) is 0 Å². The summed E-state index contributed by atoms with van der Waals surface area (Å²) in [5.41, 5.74) is 0.624. The van der Waals surface area contributed by atoms with Gasteiger partial charge in [-0.25, -0.2) is 4.79 Å². The Kier molecular flexibility index (Phi) is 7.02. The van der Waals surface area contributed by atoms with E-state index in [0.29, 0.717) is 17.3 Å². The van der Waals surface area contributed by atoms with Gasteiger partial charge in [0.2, 0.25) is 0 Å². The number of halogens is 1. The summed E-state index contributed by atoms with van der Waals surface area (Å²) < 4.78 is 4.61. The van der Waals surface area contributed by atoms with Crippen LogP contribution in [-0.4, -0.2) is 36.6 Å². The second-order valence-corrected chi connectivity index (χ2v) is 5.15. The first-order chi connectivity index (χ1) is 9.97. The fourth-order valence-corrected chi connectivity index (χ4v) is 2.01. The molecular weight excluding hydrogens is 292 g/mol. The van der Waals surface area contributed by atoms with Crippen LogP contribution < -0.4 is 5.32 Å². The first kappa shape index (κ1) is 17.3. The number of anilines is 1. The van der Waals surface area contributed by atoms with Crippen LogP contribution >= 0.6 is 11.6 Å².